The van der Waals surface area contributed by atoms with E-state index in [1.54, 1.807) is 17.8 Å². The van der Waals surface area contributed by atoms with Gasteiger partial charge in [-0.1, -0.05) is 54.1 Å². The van der Waals surface area contributed by atoms with Gasteiger partial charge in [0, 0.05) is 18.1 Å². The van der Waals surface area contributed by atoms with Crippen molar-refractivity contribution in [1.29, 1.82) is 0 Å². The summed E-state index contributed by atoms with van der Waals surface area (Å²) in [6.45, 7) is 1.65. The fraction of sp³-hybridized carbons (Fsp3) is 0.240. The van der Waals surface area contributed by atoms with Crippen LogP contribution in [0.15, 0.2) is 83.8 Å². The van der Waals surface area contributed by atoms with Crippen molar-refractivity contribution >= 4 is 33.4 Å². The Kier molecular flexibility index (Phi) is 8.85. The number of alkyl halides is 3. The zero-order valence-corrected chi connectivity index (χ0v) is 20.6. The third-order valence-corrected chi connectivity index (χ3v) is 7.82. The summed E-state index contributed by atoms with van der Waals surface area (Å²) in [6.07, 6.45) is -4.66. The van der Waals surface area contributed by atoms with Crippen molar-refractivity contribution in [2.75, 3.05) is 23.1 Å². The molecule has 0 aliphatic carbocycles. The van der Waals surface area contributed by atoms with Gasteiger partial charge in [-0.3, -0.25) is 9.10 Å². The minimum atomic E-state index is -4.66. The van der Waals surface area contributed by atoms with Crippen molar-refractivity contribution in [2.24, 2.45) is 0 Å². The SMILES string of the molecule is Cc1cccc(CSCCNC(=O)CN(c2cccc(C(F)(F)F)c2)S(=O)(=O)c2ccccc2)c1. The van der Waals surface area contributed by atoms with Crippen LogP contribution in [0.1, 0.15) is 16.7 Å². The lowest BCUT2D eigenvalue weighted by atomic mass is 10.2. The van der Waals surface area contributed by atoms with E-state index in [4.69, 9.17) is 0 Å². The lowest BCUT2D eigenvalue weighted by Crippen LogP contribution is -2.41. The van der Waals surface area contributed by atoms with Crippen LogP contribution in [0, 0.1) is 6.92 Å². The lowest BCUT2D eigenvalue weighted by Gasteiger charge is -2.25. The van der Waals surface area contributed by atoms with E-state index >= 15 is 0 Å². The molecule has 0 atom stereocenters. The maximum atomic E-state index is 13.3. The molecule has 3 aromatic carbocycles. The number of carbonyl (C=O) groups is 1. The van der Waals surface area contributed by atoms with Crippen LogP contribution in [-0.2, 0) is 26.7 Å². The Morgan fingerprint density at radius 1 is 0.971 bits per heavy atom. The highest BCUT2D eigenvalue weighted by Gasteiger charge is 2.33. The zero-order valence-electron chi connectivity index (χ0n) is 19.0. The average Bonchev–Trinajstić information content (AvgIpc) is 2.82. The number of sulfonamides is 1. The molecule has 3 rings (SSSR count). The molecule has 0 aromatic heterocycles. The summed E-state index contributed by atoms with van der Waals surface area (Å²) in [6, 6.07) is 19.3. The van der Waals surface area contributed by atoms with E-state index in [0.717, 1.165) is 35.1 Å². The van der Waals surface area contributed by atoms with Crippen LogP contribution >= 0.6 is 11.8 Å². The number of aryl methyl sites for hydroxylation is 1. The minimum absolute atomic E-state index is 0.126. The van der Waals surface area contributed by atoms with Gasteiger partial charge in [-0.15, -0.1) is 0 Å². The van der Waals surface area contributed by atoms with Gasteiger partial charge in [0.05, 0.1) is 16.1 Å². The number of hydrogen-bond donors (Lipinski definition) is 1. The maximum absolute atomic E-state index is 13.3. The van der Waals surface area contributed by atoms with Gasteiger partial charge in [-0.2, -0.15) is 24.9 Å². The molecule has 0 radical (unpaired) electrons. The van der Waals surface area contributed by atoms with E-state index in [1.807, 2.05) is 25.1 Å². The molecule has 0 saturated carbocycles. The molecule has 0 unspecified atom stereocenters. The topological polar surface area (TPSA) is 66.5 Å². The second kappa shape index (κ2) is 11.6. The Hall–Kier alpha value is -2.98. The summed E-state index contributed by atoms with van der Waals surface area (Å²) in [7, 11) is -4.29. The van der Waals surface area contributed by atoms with Gasteiger partial charge >= 0.3 is 6.18 Å². The van der Waals surface area contributed by atoms with Gasteiger partial charge < -0.3 is 5.32 Å². The predicted octanol–water partition coefficient (Wildman–Crippen LogP) is 5.26. The number of anilines is 1. The molecule has 0 aliphatic rings. The van der Waals surface area contributed by atoms with Gasteiger partial charge in [0.1, 0.15) is 6.54 Å². The lowest BCUT2D eigenvalue weighted by molar-refractivity contribution is -0.137. The molecule has 10 heteroatoms. The minimum Gasteiger partial charge on any atom is -0.354 e. The van der Waals surface area contributed by atoms with Gasteiger partial charge in [0.15, 0.2) is 0 Å². The normalized spacial score (nSPS) is 11.8. The van der Waals surface area contributed by atoms with E-state index < -0.39 is 34.2 Å². The summed E-state index contributed by atoms with van der Waals surface area (Å²) in [5, 5.41) is 2.66. The number of amides is 1. The molecule has 5 nitrogen and oxygen atoms in total. The summed E-state index contributed by atoms with van der Waals surface area (Å²) in [5.41, 5.74) is 1.07. The summed E-state index contributed by atoms with van der Waals surface area (Å²) < 4.78 is 66.9. The largest absolute Gasteiger partial charge is 0.416 e. The van der Waals surface area contributed by atoms with Crippen molar-refractivity contribution in [2.45, 2.75) is 23.7 Å². The highest BCUT2D eigenvalue weighted by Crippen LogP contribution is 2.33. The fourth-order valence-electron chi connectivity index (χ4n) is 3.31. The highest BCUT2D eigenvalue weighted by atomic mass is 32.2. The molecule has 0 fully saturated rings. The number of halogens is 3. The molecule has 1 amide bonds. The first-order valence-corrected chi connectivity index (χ1v) is 13.3. The number of benzene rings is 3. The molecule has 0 bridgehead atoms. The van der Waals surface area contributed by atoms with Crippen LogP contribution in [0.4, 0.5) is 18.9 Å². The summed E-state index contributed by atoms with van der Waals surface area (Å²) >= 11 is 1.61. The molecule has 0 spiro atoms. The first-order chi connectivity index (χ1) is 16.6. The van der Waals surface area contributed by atoms with E-state index in [0.29, 0.717) is 10.1 Å². The van der Waals surface area contributed by atoms with E-state index in [1.165, 1.54) is 30.3 Å². The molecule has 0 aliphatic heterocycles. The van der Waals surface area contributed by atoms with Crippen LogP contribution in [0.2, 0.25) is 0 Å². The Bertz CT molecular complexity index is 1250. The van der Waals surface area contributed by atoms with E-state index in [2.05, 4.69) is 11.4 Å². The molecule has 186 valence electrons. The van der Waals surface area contributed by atoms with Crippen molar-refractivity contribution < 1.29 is 26.4 Å². The second-order valence-corrected chi connectivity index (χ2v) is 10.7. The molecule has 0 heterocycles. The van der Waals surface area contributed by atoms with Gasteiger partial charge in [-0.25, -0.2) is 8.42 Å². The number of carbonyl (C=O) groups excluding carboxylic acids is 1. The average molecular weight is 523 g/mol. The predicted molar refractivity (Wildman–Crippen MR) is 133 cm³/mol. The Balaban J connectivity index is 1.70. The Morgan fingerprint density at radius 3 is 2.37 bits per heavy atom. The quantitative estimate of drug-likeness (QED) is 0.369. The van der Waals surface area contributed by atoms with Crippen molar-refractivity contribution in [3.05, 3.63) is 95.6 Å². The first kappa shape index (κ1) is 26.6. The van der Waals surface area contributed by atoms with Crippen molar-refractivity contribution in [3.8, 4) is 0 Å². The third-order valence-electron chi connectivity index (χ3n) is 5.00. The monoisotopic (exact) mass is 522 g/mol. The zero-order chi connectivity index (χ0) is 25.5. The standard InChI is InChI=1S/C25H25F3N2O3S2/c1-19-7-5-8-20(15-19)18-34-14-13-29-24(31)17-30(35(32,33)23-11-3-2-4-12-23)22-10-6-9-21(16-22)25(26,27)28/h2-12,15-16H,13-14,17-18H2,1H3,(H,29,31). The smallest absolute Gasteiger partial charge is 0.354 e. The molecule has 1 N–H and O–H groups in total. The number of thioether (sulfide) groups is 1. The van der Waals surface area contributed by atoms with Crippen LogP contribution < -0.4 is 9.62 Å². The van der Waals surface area contributed by atoms with Gasteiger partial charge in [-0.05, 0) is 42.8 Å². The van der Waals surface area contributed by atoms with Crippen molar-refractivity contribution in [1.82, 2.24) is 5.32 Å². The van der Waals surface area contributed by atoms with Crippen LogP contribution in [0.5, 0.6) is 0 Å². The van der Waals surface area contributed by atoms with Crippen molar-refractivity contribution in [3.63, 3.8) is 0 Å². The number of nitrogens with one attached hydrogen (secondary N) is 1. The first-order valence-electron chi connectivity index (χ1n) is 10.7. The molecular weight excluding hydrogens is 497 g/mol. The molecule has 3 aromatic rings. The van der Waals surface area contributed by atoms with Gasteiger partial charge in [0.25, 0.3) is 10.0 Å². The maximum Gasteiger partial charge on any atom is 0.416 e. The highest BCUT2D eigenvalue weighted by molar-refractivity contribution is 7.98. The molecule has 35 heavy (non-hydrogen) atoms. The number of rotatable bonds is 10. The summed E-state index contributed by atoms with van der Waals surface area (Å²) in [5.74, 6) is 0.739. The summed E-state index contributed by atoms with van der Waals surface area (Å²) in [4.78, 5) is 12.5. The second-order valence-electron chi connectivity index (χ2n) is 7.76. The van der Waals surface area contributed by atoms with E-state index in [-0.39, 0.29) is 17.1 Å². The Morgan fingerprint density at radius 2 is 1.69 bits per heavy atom. The van der Waals surface area contributed by atoms with Crippen LogP contribution in [0.25, 0.3) is 0 Å². The third kappa shape index (κ3) is 7.50. The fourth-order valence-corrected chi connectivity index (χ4v) is 5.55. The number of hydrogen-bond acceptors (Lipinski definition) is 4. The molecule has 0 saturated heterocycles. The number of nitrogens with zero attached hydrogens (tertiary/aromatic N) is 1. The Labute approximate surface area is 207 Å². The van der Waals surface area contributed by atoms with Crippen LogP contribution in [0.3, 0.4) is 0 Å². The van der Waals surface area contributed by atoms with E-state index in [9.17, 15) is 26.4 Å². The van der Waals surface area contributed by atoms with Gasteiger partial charge in [0.2, 0.25) is 5.91 Å². The molecular formula is C25H25F3N2O3S2. The van der Waals surface area contributed by atoms with Crippen LogP contribution in [-0.4, -0.2) is 33.2 Å².